The first kappa shape index (κ1) is 19.8. The number of unbranched alkanes of at least 4 members (excludes halogenated alkanes) is 2. The smallest absolute Gasteiger partial charge is 0.319 e. The Hall–Kier alpha value is -1.28. The molecule has 8 heteroatoms. The third-order valence-electron chi connectivity index (χ3n) is 3.13. The zero-order chi connectivity index (χ0) is 17.2. The minimum atomic E-state index is -0.561. The molecule has 1 heterocycles. The first-order valence-corrected chi connectivity index (χ1v) is 9.68. The maximum atomic E-state index is 11.9. The van der Waals surface area contributed by atoms with Gasteiger partial charge in [-0.2, -0.15) is 4.37 Å². The largest absolute Gasteiger partial charge is 0.365 e. The number of primary amides is 1. The molecule has 6 nitrogen and oxygen atoms in total. The van der Waals surface area contributed by atoms with Gasteiger partial charge in [0.15, 0.2) is 0 Å². The van der Waals surface area contributed by atoms with Crippen LogP contribution in [0, 0.1) is 5.92 Å². The predicted octanol–water partition coefficient (Wildman–Crippen LogP) is 3.69. The van der Waals surface area contributed by atoms with Gasteiger partial charge in [0.2, 0.25) is 0 Å². The zero-order valence-electron chi connectivity index (χ0n) is 14.0. The number of anilines is 1. The second-order valence-corrected chi connectivity index (χ2v) is 7.53. The second kappa shape index (κ2) is 10.5. The maximum Gasteiger partial charge on any atom is 0.319 e. The minimum Gasteiger partial charge on any atom is -0.365 e. The molecule has 1 aromatic rings. The summed E-state index contributed by atoms with van der Waals surface area (Å²) in [7, 11) is 0. The Bertz CT molecular complexity index is 518. The Morgan fingerprint density at radius 1 is 1.35 bits per heavy atom. The van der Waals surface area contributed by atoms with Gasteiger partial charge in [-0.05, 0) is 36.0 Å². The summed E-state index contributed by atoms with van der Waals surface area (Å²) in [5, 5.41) is 6.47. The molecular weight excluding hydrogens is 332 g/mol. The molecule has 0 aromatic carbocycles. The van der Waals surface area contributed by atoms with E-state index in [4.69, 9.17) is 5.73 Å². The molecule has 23 heavy (non-hydrogen) atoms. The SMILES string of the molecule is CCCCCSc1nsc(NC(=O)NCCC(C)C)c1C(N)=O. The van der Waals surface area contributed by atoms with Crippen LogP contribution in [0.3, 0.4) is 0 Å². The molecule has 4 N–H and O–H groups in total. The third-order valence-corrected chi connectivity index (χ3v) is 5.07. The van der Waals surface area contributed by atoms with Crippen LogP contribution in [-0.2, 0) is 0 Å². The standard InChI is InChI=1S/C15H26N4O2S2/c1-4-5-6-9-22-14-11(12(16)20)13(23-19-14)18-15(21)17-8-7-10(2)3/h10H,4-9H2,1-3H3,(H2,16,20)(H2,17,18,21). The molecular formula is C15H26N4O2S2. The van der Waals surface area contributed by atoms with E-state index in [0.717, 1.165) is 43.0 Å². The topological polar surface area (TPSA) is 97.1 Å². The fraction of sp³-hybridized carbons (Fsp3) is 0.667. The molecule has 0 unspecified atom stereocenters. The van der Waals surface area contributed by atoms with Gasteiger partial charge in [0, 0.05) is 6.54 Å². The lowest BCUT2D eigenvalue weighted by atomic mass is 10.1. The van der Waals surface area contributed by atoms with Crippen molar-refractivity contribution in [3.05, 3.63) is 5.56 Å². The molecule has 0 radical (unpaired) electrons. The van der Waals surface area contributed by atoms with E-state index in [1.807, 2.05) is 0 Å². The van der Waals surface area contributed by atoms with Gasteiger partial charge in [0.05, 0.1) is 0 Å². The first-order valence-electron chi connectivity index (χ1n) is 7.92. The number of nitrogens with zero attached hydrogens (tertiary/aromatic N) is 1. The number of carbonyl (C=O) groups excluding carboxylic acids is 2. The maximum absolute atomic E-state index is 11.9. The molecule has 0 spiro atoms. The normalized spacial score (nSPS) is 10.8. The molecule has 0 bridgehead atoms. The van der Waals surface area contributed by atoms with E-state index in [1.54, 1.807) is 0 Å². The quantitative estimate of drug-likeness (QED) is 0.439. The number of thioether (sulfide) groups is 1. The Morgan fingerprint density at radius 2 is 2.09 bits per heavy atom. The average molecular weight is 359 g/mol. The molecule has 0 fully saturated rings. The molecule has 130 valence electrons. The van der Waals surface area contributed by atoms with Gasteiger partial charge in [-0.3, -0.25) is 10.1 Å². The van der Waals surface area contributed by atoms with Crippen LogP contribution in [0.25, 0.3) is 0 Å². The number of hydrogen-bond donors (Lipinski definition) is 3. The lowest BCUT2D eigenvalue weighted by Gasteiger charge is -2.08. The van der Waals surface area contributed by atoms with Gasteiger partial charge in [-0.25, -0.2) is 4.79 Å². The molecule has 1 rings (SSSR count). The monoisotopic (exact) mass is 358 g/mol. The molecule has 0 saturated heterocycles. The number of carbonyl (C=O) groups is 2. The van der Waals surface area contributed by atoms with Gasteiger partial charge in [0.1, 0.15) is 15.6 Å². The van der Waals surface area contributed by atoms with Crippen LogP contribution in [0.2, 0.25) is 0 Å². The van der Waals surface area contributed by atoms with Gasteiger partial charge in [-0.15, -0.1) is 11.8 Å². The molecule has 3 amide bonds. The van der Waals surface area contributed by atoms with Crippen LogP contribution < -0.4 is 16.4 Å². The molecule has 0 atom stereocenters. The number of rotatable bonds is 10. The highest BCUT2D eigenvalue weighted by molar-refractivity contribution is 7.99. The number of hydrogen-bond acceptors (Lipinski definition) is 5. The van der Waals surface area contributed by atoms with Crippen molar-refractivity contribution in [3.8, 4) is 0 Å². The van der Waals surface area contributed by atoms with Crippen molar-refractivity contribution in [2.75, 3.05) is 17.6 Å². The number of nitrogens with one attached hydrogen (secondary N) is 2. The summed E-state index contributed by atoms with van der Waals surface area (Å²) >= 11 is 2.60. The van der Waals surface area contributed by atoms with Gasteiger partial charge in [0.25, 0.3) is 5.91 Å². The lowest BCUT2D eigenvalue weighted by molar-refractivity contribution is 0.0998. The first-order chi connectivity index (χ1) is 11.0. The highest BCUT2D eigenvalue weighted by atomic mass is 32.2. The van der Waals surface area contributed by atoms with Crippen molar-refractivity contribution in [1.29, 1.82) is 0 Å². The number of urea groups is 1. The van der Waals surface area contributed by atoms with E-state index < -0.39 is 5.91 Å². The van der Waals surface area contributed by atoms with E-state index in [1.165, 1.54) is 11.8 Å². The number of nitrogens with two attached hydrogens (primary N) is 1. The number of amides is 3. The van der Waals surface area contributed by atoms with Crippen LogP contribution in [-0.4, -0.2) is 28.6 Å². The van der Waals surface area contributed by atoms with Crippen LogP contribution in [0.1, 0.15) is 56.8 Å². The summed E-state index contributed by atoms with van der Waals surface area (Å²) in [5.74, 6) is 0.845. The fourth-order valence-corrected chi connectivity index (χ4v) is 3.79. The summed E-state index contributed by atoms with van der Waals surface area (Å²) in [6, 6.07) is -0.334. The summed E-state index contributed by atoms with van der Waals surface area (Å²) in [6.45, 7) is 6.92. The highest BCUT2D eigenvalue weighted by Gasteiger charge is 2.20. The Labute approximate surface area is 146 Å². The molecule has 0 aliphatic heterocycles. The van der Waals surface area contributed by atoms with Crippen LogP contribution in [0.15, 0.2) is 5.03 Å². The van der Waals surface area contributed by atoms with Crippen molar-refractivity contribution in [3.63, 3.8) is 0 Å². The average Bonchev–Trinajstić information content (AvgIpc) is 2.86. The van der Waals surface area contributed by atoms with Crippen molar-refractivity contribution < 1.29 is 9.59 Å². The van der Waals surface area contributed by atoms with Crippen molar-refractivity contribution in [2.24, 2.45) is 11.7 Å². The Balaban J connectivity index is 2.62. The Morgan fingerprint density at radius 3 is 2.70 bits per heavy atom. The fourth-order valence-electron chi connectivity index (χ4n) is 1.82. The third kappa shape index (κ3) is 7.22. The van der Waals surface area contributed by atoms with E-state index in [9.17, 15) is 9.59 Å². The Kier molecular flexibility index (Phi) is 9.01. The van der Waals surface area contributed by atoms with Crippen LogP contribution in [0.5, 0.6) is 0 Å². The van der Waals surface area contributed by atoms with E-state index in [0.29, 0.717) is 28.1 Å². The number of aromatic nitrogens is 1. The van der Waals surface area contributed by atoms with E-state index in [2.05, 4.69) is 35.8 Å². The van der Waals surface area contributed by atoms with Gasteiger partial charge < -0.3 is 11.1 Å². The second-order valence-electron chi connectivity index (χ2n) is 5.68. The summed E-state index contributed by atoms with van der Waals surface area (Å²) in [4.78, 5) is 23.6. The molecule has 0 saturated carbocycles. The van der Waals surface area contributed by atoms with E-state index in [-0.39, 0.29) is 6.03 Å². The lowest BCUT2D eigenvalue weighted by Crippen LogP contribution is -2.30. The molecule has 0 aliphatic carbocycles. The van der Waals surface area contributed by atoms with Crippen molar-refractivity contribution >= 4 is 40.2 Å². The molecule has 0 aliphatic rings. The van der Waals surface area contributed by atoms with E-state index >= 15 is 0 Å². The van der Waals surface area contributed by atoms with Gasteiger partial charge in [-0.1, -0.05) is 33.6 Å². The van der Waals surface area contributed by atoms with Gasteiger partial charge >= 0.3 is 6.03 Å². The summed E-state index contributed by atoms with van der Waals surface area (Å²) in [5.41, 5.74) is 5.76. The summed E-state index contributed by atoms with van der Waals surface area (Å²) in [6.07, 6.45) is 4.25. The highest BCUT2D eigenvalue weighted by Crippen LogP contribution is 2.32. The van der Waals surface area contributed by atoms with Crippen molar-refractivity contribution in [1.82, 2.24) is 9.69 Å². The van der Waals surface area contributed by atoms with Crippen molar-refractivity contribution in [2.45, 2.75) is 51.5 Å². The summed E-state index contributed by atoms with van der Waals surface area (Å²) < 4.78 is 4.26. The minimum absolute atomic E-state index is 0.315. The van der Waals surface area contributed by atoms with Crippen LogP contribution >= 0.6 is 23.3 Å². The predicted molar refractivity (Wildman–Crippen MR) is 97.4 cm³/mol. The zero-order valence-corrected chi connectivity index (χ0v) is 15.6. The van der Waals surface area contributed by atoms with Crippen LogP contribution in [0.4, 0.5) is 9.80 Å². The molecule has 1 aromatic heterocycles.